The molecular formula is C16H17ClN2. The molecule has 0 bridgehead atoms. The molecule has 3 rings (SSSR count). The quantitative estimate of drug-likeness (QED) is 0.904. The third-order valence-corrected chi connectivity index (χ3v) is 3.98. The van der Waals surface area contributed by atoms with Gasteiger partial charge in [-0.2, -0.15) is 0 Å². The van der Waals surface area contributed by atoms with Crippen molar-refractivity contribution in [2.45, 2.75) is 19.5 Å². The molecular weight excluding hydrogens is 256 g/mol. The number of halogens is 1. The van der Waals surface area contributed by atoms with E-state index in [2.05, 4.69) is 36.1 Å². The fourth-order valence-corrected chi connectivity index (χ4v) is 2.99. The zero-order valence-electron chi connectivity index (χ0n) is 10.9. The molecule has 0 amide bonds. The number of aryl methyl sites for hydroxylation is 1. The molecule has 2 aromatic rings. The summed E-state index contributed by atoms with van der Waals surface area (Å²) in [6.45, 7) is 3.64. The van der Waals surface area contributed by atoms with Crippen molar-refractivity contribution in [3.8, 4) is 0 Å². The summed E-state index contributed by atoms with van der Waals surface area (Å²) < 4.78 is 0. The van der Waals surface area contributed by atoms with Gasteiger partial charge in [-0.05, 0) is 36.2 Å². The summed E-state index contributed by atoms with van der Waals surface area (Å²) in [7, 11) is 0. The van der Waals surface area contributed by atoms with E-state index < -0.39 is 0 Å². The van der Waals surface area contributed by atoms with Gasteiger partial charge in [-0.1, -0.05) is 41.4 Å². The summed E-state index contributed by atoms with van der Waals surface area (Å²) in [6.07, 6.45) is 0. The monoisotopic (exact) mass is 272 g/mol. The highest BCUT2D eigenvalue weighted by Crippen LogP contribution is 2.37. The molecule has 3 heteroatoms. The van der Waals surface area contributed by atoms with Crippen LogP contribution in [0.1, 0.15) is 22.7 Å². The summed E-state index contributed by atoms with van der Waals surface area (Å²) in [4.78, 5) is 2.33. The molecule has 1 aliphatic heterocycles. The second kappa shape index (κ2) is 4.87. The Hall–Kier alpha value is -1.51. The zero-order chi connectivity index (χ0) is 13.4. The number of hydrogen-bond donors (Lipinski definition) is 1. The van der Waals surface area contributed by atoms with Gasteiger partial charge in [-0.3, -0.25) is 0 Å². The Morgan fingerprint density at radius 2 is 2.11 bits per heavy atom. The molecule has 0 aliphatic carbocycles. The maximum absolute atomic E-state index is 6.09. The molecule has 0 saturated heterocycles. The Morgan fingerprint density at radius 3 is 2.84 bits per heavy atom. The topological polar surface area (TPSA) is 29.3 Å². The average molecular weight is 273 g/mol. The fraction of sp³-hybridized carbons (Fsp3) is 0.250. The van der Waals surface area contributed by atoms with Crippen molar-refractivity contribution >= 4 is 17.3 Å². The van der Waals surface area contributed by atoms with Crippen LogP contribution in [0.5, 0.6) is 0 Å². The first kappa shape index (κ1) is 12.5. The second-order valence-electron chi connectivity index (χ2n) is 5.06. The Bertz CT molecular complexity index is 609. The van der Waals surface area contributed by atoms with Crippen molar-refractivity contribution in [1.82, 2.24) is 0 Å². The third-order valence-electron chi connectivity index (χ3n) is 3.74. The lowest BCUT2D eigenvalue weighted by Crippen LogP contribution is -2.27. The SMILES string of the molecule is Cc1ccc2c(c1)C(CN)N(c1cccc(Cl)c1)C2. The van der Waals surface area contributed by atoms with Crippen LogP contribution in [0.3, 0.4) is 0 Å². The van der Waals surface area contributed by atoms with Gasteiger partial charge in [0.05, 0.1) is 6.04 Å². The Morgan fingerprint density at radius 1 is 1.26 bits per heavy atom. The Kier molecular flexibility index (Phi) is 3.21. The number of nitrogens with two attached hydrogens (primary N) is 1. The van der Waals surface area contributed by atoms with E-state index >= 15 is 0 Å². The third kappa shape index (κ3) is 2.22. The van der Waals surface area contributed by atoms with Gasteiger partial charge in [0.1, 0.15) is 0 Å². The molecule has 2 N–H and O–H groups in total. The van der Waals surface area contributed by atoms with Gasteiger partial charge in [-0.25, -0.2) is 0 Å². The molecule has 1 heterocycles. The number of anilines is 1. The maximum atomic E-state index is 6.09. The van der Waals surface area contributed by atoms with Crippen LogP contribution in [0.25, 0.3) is 0 Å². The minimum Gasteiger partial charge on any atom is -0.359 e. The molecule has 2 aromatic carbocycles. The number of fused-ring (bicyclic) bond motifs is 1. The fourth-order valence-electron chi connectivity index (χ4n) is 2.81. The predicted molar refractivity (Wildman–Crippen MR) is 80.6 cm³/mol. The van der Waals surface area contributed by atoms with Crippen molar-refractivity contribution < 1.29 is 0 Å². The number of hydrogen-bond acceptors (Lipinski definition) is 2. The van der Waals surface area contributed by atoms with Crippen LogP contribution in [0.2, 0.25) is 5.02 Å². The lowest BCUT2D eigenvalue weighted by atomic mass is 10.0. The smallest absolute Gasteiger partial charge is 0.0672 e. The summed E-state index contributed by atoms with van der Waals surface area (Å²) >= 11 is 6.09. The molecule has 98 valence electrons. The summed E-state index contributed by atoms with van der Waals surface area (Å²) in [5.74, 6) is 0. The van der Waals surface area contributed by atoms with E-state index in [-0.39, 0.29) is 6.04 Å². The van der Waals surface area contributed by atoms with Crippen LogP contribution in [0, 0.1) is 6.92 Å². The van der Waals surface area contributed by atoms with E-state index in [1.807, 2.05) is 18.2 Å². The number of rotatable bonds is 2. The van der Waals surface area contributed by atoms with Crippen molar-refractivity contribution in [2.24, 2.45) is 5.73 Å². The van der Waals surface area contributed by atoms with Crippen molar-refractivity contribution in [3.05, 3.63) is 64.2 Å². The maximum Gasteiger partial charge on any atom is 0.0672 e. The van der Waals surface area contributed by atoms with Crippen molar-refractivity contribution in [1.29, 1.82) is 0 Å². The van der Waals surface area contributed by atoms with Gasteiger partial charge in [0.15, 0.2) is 0 Å². The van der Waals surface area contributed by atoms with Crippen molar-refractivity contribution in [2.75, 3.05) is 11.4 Å². The minimum absolute atomic E-state index is 0.244. The van der Waals surface area contributed by atoms with E-state index in [4.69, 9.17) is 17.3 Å². The lowest BCUT2D eigenvalue weighted by Gasteiger charge is -2.26. The molecule has 0 fully saturated rings. The van der Waals surface area contributed by atoms with E-state index in [0.717, 1.165) is 17.3 Å². The van der Waals surface area contributed by atoms with Gasteiger partial charge in [0.25, 0.3) is 0 Å². The first-order chi connectivity index (χ1) is 9.19. The summed E-state index contributed by atoms with van der Waals surface area (Å²) in [5, 5.41) is 0.764. The largest absolute Gasteiger partial charge is 0.359 e. The minimum atomic E-state index is 0.244. The molecule has 19 heavy (non-hydrogen) atoms. The van der Waals surface area contributed by atoms with Crippen LogP contribution in [0.15, 0.2) is 42.5 Å². The van der Waals surface area contributed by atoms with E-state index in [0.29, 0.717) is 6.54 Å². The molecule has 1 atom stereocenters. The zero-order valence-corrected chi connectivity index (χ0v) is 11.7. The lowest BCUT2D eigenvalue weighted by molar-refractivity contribution is 0.679. The first-order valence-corrected chi connectivity index (χ1v) is 6.88. The molecule has 2 nitrogen and oxygen atoms in total. The van der Waals surface area contributed by atoms with Crippen LogP contribution in [-0.4, -0.2) is 6.54 Å². The first-order valence-electron chi connectivity index (χ1n) is 6.51. The van der Waals surface area contributed by atoms with Crippen LogP contribution in [0.4, 0.5) is 5.69 Å². The molecule has 1 unspecified atom stereocenters. The van der Waals surface area contributed by atoms with Gasteiger partial charge in [-0.15, -0.1) is 0 Å². The van der Waals surface area contributed by atoms with Crippen LogP contribution < -0.4 is 10.6 Å². The standard InChI is InChI=1S/C16H17ClN2/c1-11-5-6-12-10-19(16(9-18)15(12)7-11)14-4-2-3-13(17)8-14/h2-8,16H,9-10,18H2,1H3. The summed E-state index contributed by atoms with van der Waals surface area (Å²) in [6, 6.07) is 14.8. The average Bonchev–Trinajstić information content (AvgIpc) is 2.76. The molecule has 1 aliphatic rings. The Labute approximate surface area is 118 Å². The highest BCUT2D eigenvalue weighted by atomic mass is 35.5. The highest BCUT2D eigenvalue weighted by Gasteiger charge is 2.29. The second-order valence-corrected chi connectivity index (χ2v) is 5.50. The molecule has 0 saturated carbocycles. The van der Waals surface area contributed by atoms with Gasteiger partial charge in [0, 0.05) is 23.8 Å². The summed E-state index contributed by atoms with van der Waals surface area (Å²) in [5.41, 5.74) is 11.1. The van der Waals surface area contributed by atoms with Gasteiger partial charge in [0.2, 0.25) is 0 Å². The number of benzene rings is 2. The number of nitrogens with zero attached hydrogens (tertiary/aromatic N) is 1. The van der Waals surface area contributed by atoms with E-state index in [1.54, 1.807) is 0 Å². The van der Waals surface area contributed by atoms with Crippen LogP contribution >= 0.6 is 11.6 Å². The highest BCUT2D eigenvalue weighted by molar-refractivity contribution is 6.30. The van der Waals surface area contributed by atoms with E-state index in [9.17, 15) is 0 Å². The molecule has 0 aromatic heterocycles. The molecule has 0 spiro atoms. The predicted octanol–water partition coefficient (Wildman–Crippen LogP) is 3.67. The van der Waals surface area contributed by atoms with Crippen molar-refractivity contribution in [3.63, 3.8) is 0 Å². The molecule has 0 radical (unpaired) electrons. The van der Waals surface area contributed by atoms with Crippen LogP contribution in [-0.2, 0) is 6.54 Å². The van der Waals surface area contributed by atoms with Gasteiger partial charge >= 0.3 is 0 Å². The van der Waals surface area contributed by atoms with Gasteiger partial charge < -0.3 is 10.6 Å². The van der Waals surface area contributed by atoms with E-state index in [1.165, 1.54) is 16.7 Å². The Balaban J connectivity index is 2.02. The normalized spacial score (nSPS) is 17.6.